The van der Waals surface area contributed by atoms with Gasteiger partial charge < -0.3 is 10.6 Å². The molecule has 4 nitrogen and oxygen atoms in total. The lowest BCUT2D eigenvalue weighted by Crippen LogP contribution is -2.28. The summed E-state index contributed by atoms with van der Waals surface area (Å²) >= 11 is 0. The average Bonchev–Trinajstić information content (AvgIpc) is 2.32. The first-order valence-corrected chi connectivity index (χ1v) is 6.22. The molecule has 0 unspecified atom stereocenters. The molecule has 1 aliphatic rings. The number of aromatic nitrogens is 1. The summed E-state index contributed by atoms with van der Waals surface area (Å²) < 4.78 is 0. The van der Waals surface area contributed by atoms with E-state index in [1.54, 1.807) is 25.4 Å². The van der Waals surface area contributed by atoms with Gasteiger partial charge in [0.1, 0.15) is 5.82 Å². The Morgan fingerprint density at radius 3 is 3.00 bits per heavy atom. The lowest BCUT2D eigenvalue weighted by Gasteiger charge is -2.25. The standard InChI is InChI=1S/C13H19N3O/c1-14-12-11(6-3-8-15-12)13(17)16-9-7-10-4-2-5-10/h3,6,8,10H,2,4-5,7,9H2,1H3,(H,14,15)(H,16,17). The summed E-state index contributed by atoms with van der Waals surface area (Å²) in [5, 5.41) is 5.88. The molecule has 1 fully saturated rings. The Morgan fingerprint density at radius 2 is 2.35 bits per heavy atom. The van der Waals surface area contributed by atoms with E-state index in [1.807, 2.05) is 0 Å². The summed E-state index contributed by atoms with van der Waals surface area (Å²) in [5.41, 5.74) is 0.614. The second kappa shape index (κ2) is 5.66. The summed E-state index contributed by atoms with van der Waals surface area (Å²) in [4.78, 5) is 16.0. The van der Waals surface area contributed by atoms with Gasteiger partial charge in [0.05, 0.1) is 5.56 Å². The molecule has 2 rings (SSSR count). The van der Waals surface area contributed by atoms with Crippen LogP contribution in [0.4, 0.5) is 5.82 Å². The molecule has 0 atom stereocenters. The number of hydrogen-bond acceptors (Lipinski definition) is 3. The maximum absolute atomic E-state index is 11.9. The molecule has 1 aromatic heterocycles. The van der Waals surface area contributed by atoms with Gasteiger partial charge >= 0.3 is 0 Å². The number of nitrogens with one attached hydrogen (secondary N) is 2. The van der Waals surface area contributed by atoms with Crippen LogP contribution in [0, 0.1) is 5.92 Å². The zero-order chi connectivity index (χ0) is 12.1. The van der Waals surface area contributed by atoms with Crippen LogP contribution in [0.15, 0.2) is 18.3 Å². The number of hydrogen-bond donors (Lipinski definition) is 2. The molecule has 1 aliphatic carbocycles. The summed E-state index contributed by atoms with van der Waals surface area (Å²) in [6, 6.07) is 3.57. The Kier molecular flexibility index (Phi) is 3.96. The Balaban J connectivity index is 1.85. The normalized spacial score (nSPS) is 15.1. The van der Waals surface area contributed by atoms with Crippen LogP contribution in [-0.4, -0.2) is 24.5 Å². The Morgan fingerprint density at radius 1 is 1.53 bits per heavy atom. The van der Waals surface area contributed by atoms with Gasteiger partial charge in [-0.15, -0.1) is 0 Å². The molecule has 2 N–H and O–H groups in total. The van der Waals surface area contributed by atoms with Crippen LogP contribution in [0.2, 0.25) is 0 Å². The van der Waals surface area contributed by atoms with Crippen LogP contribution in [0.5, 0.6) is 0 Å². The van der Waals surface area contributed by atoms with Gasteiger partial charge in [-0.05, 0) is 24.5 Å². The molecule has 1 heterocycles. The van der Waals surface area contributed by atoms with Crippen molar-refractivity contribution in [2.45, 2.75) is 25.7 Å². The molecule has 0 saturated heterocycles. The molecule has 4 heteroatoms. The van der Waals surface area contributed by atoms with Crippen molar-refractivity contribution in [3.8, 4) is 0 Å². The van der Waals surface area contributed by atoms with E-state index in [0.29, 0.717) is 11.4 Å². The first kappa shape index (κ1) is 11.9. The van der Waals surface area contributed by atoms with Crippen molar-refractivity contribution in [1.29, 1.82) is 0 Å². The van der Waals surface area contributed by atoms with Crippen LogP contribution in [0.25, 0.3) is 0 Å². The van der Waals surface area contributed by atoms with Crippen molar-refractivity contribution in [3.05, 3.63) is 23.9 Å². The van der Waals surface area contributed by atoms with Gasteiger partial charge in [-0.3, -0.25) is 4.79 Å². The first-order valence-electron chi connectivity index (χ1n) is 6.22. The van der Waals surface area contributed by atoms with Crippen LogP contribution in [0.3, 0.4) is 0 Å². The van der Waals surface area contributed by atoms with E-state index in [2.05, 4.69) is 15.6 Å². The monoisotopic (exact) mass is 233 g/mol. The lowest BCUT2D eigenvalue weighted by atomic mass is 9.83. The first-order chi connectivity index (χ1) is 8.31. The molecule has 0 radical (unpaired) electrons. The maximum Gasteiger partial charge on any atom is 0.255 e. The molecule has 1 saturated carbocycles. The highest BCUT2D eigenvalue weighted by Gasteiger charge is 2.17. The topological polar surface area (TPSA) is 54.0 Å². The molecule has 92 valence electrons. The van der Waals surface area contributed by atoms with E-state index >= 15 is 0 Å². The van der Waals surface area contributed by atoms with Gasteiger partial charge in [0, 0.05) is 19.8 Å². The highest BCUT2D eigenvalue weighted by molar-refractivity contribution is 5.98. The second-order valence-corrected chi connectivity index (χ2v) is 4.49. The average molecular weight is 233 g/mol. The summed E-state index contributed by atoms with van der Waals surface area (Å²) in [6.45, 7) is 0.765. The highest BCUT2D eigenvalue weighted by atomic mass is 16.1. The van der Waals surface area contributed by atoms with E-state index in [9.17, 15) is 4.79 Å². The lowest BCUT2D eigenvalue weighted by molar-refractivity contribution is 0.0949. The molecular formula is C13H19N3O. The third kappa shape index (κ3) is 2.96. The van der Waals surface area contributed by atoms with Gasteiger partial charge in [-0.25, -0.2) is 4.98 Å². The molecule has 1 amide bonds. The molecule has 0 aliphatic heterocycles. The van der Waals surface area contributed by atoms with E-state index in [4.69, 9.17) is 0 Å². The molecule has 1 aromatic rings. The van der Waals surface area contributed by atoms with Crippen LogP contribution < -0.4 is 10.6 Å². The van der Waals surface area contributed by atoms with E-state index in [0.717, 1.165) is 18.9 Å². The number of carbonyl (C=O) groups is 1. The number of pyridine rings is 1. The fourth-order valence-electron chi connectivity index (χ4n) is 2.05. The van der Waals surface area contributed by atoms with E-state index < -0.39 is 0 Å². The number of amides is 1. The van der Waals surface area contributed by atoms with Crippen LogP contribution in [0.1, 0.15) is 36.0 Å². The van der Waals surface area contributed by atoms with E-state index in [1.165, 1.54) is 19.3 Å². The van der Waals surface area contributed by atoms with Crippen LogP contribution in [-0.2, 0) is 0 Å². The van der Waals surface area contributed by atoms with Crippen molar-refractivity contribution in [1.82, 2.24) is 10.3 Å². The molecule has 0 bridgehead atoms. The predicted molar refractivity (Wildman–Crippen MR) is 68.1 cm³/mol. The number of rotatable bonds is 5. The predicted octanol–water partition coefficient (Wildman–Crippen LogP) is 2.04. The molecule has 0 aromatic carbocycles. The molecule has 17 heavy (non-hydrogen) atoms. The molecule has 0 spiro atoms. The van der Waals surface area contributed by atoms with Gasteiger partial charge in [0.2, 0.25) is 0 Å². The summed E-state index contributed by atoms with van der Waals surface area (Å²) in [7, 11) is 1.77. The quantitative estimate of drug-likeness (QED) is 0.818. The maximum atomic E-state index is 11.9. The smallest absolute Gasteiger partial charge is 0.255 e. The Bertz CT molecular complexity index is 388. The number of nitrogens with zero attached hydrogens (tertiary/aromatic N) is 1. The van der Waals surface area contributed by atoms with Gasteiger partial charge in [0.15, 0.2) is 0 Å². The zero-order valence-electron chi connectivity index (χ0n) is 10.2. The Hall–Kier alpha value is -1.58. The minimum absolute atomic E-state index is 0.0400. The minimum Gasteiger partial charge on any atom is -0.372 e. The number of carbonyl (C=O) groups excluding carboxylic acids is 1. The SMILES string of the molecule is CNc1ncccc1C(=O)NCCC1CCC1. The van der Waals surface area contributed by atoms with E-state index in [-0.39, 0.29) is 5.91 Å². The highest BCUT2D eigenvalue weighted by Crippen LogP contribution is 2.28. The minimum atomic E-state index is -0.0400. The zero-order valence-corrected chi connectivity index (χ0v) is 10.2. The fourth-order valence-corrected chi connectivity index (χ4v) is 2.05. The summed E-state index contributed by atoms with van der Waals surface area (Å²) in [5.74, 6) is 1.42. The summed E-state index contributed by atoms with van der Waals surface area (Å²) in [6.07, 6.45) is 6.78. The molecular weight excluding hydrogens is 214 g/mol. The third-order valence-corrected chi connectivity index (χ3v) is 3.35. The van der Waals surface area contributed by atoms with Gasteiger partial charge in [0.25, 0.3) is 5.91 Å². The van der Waals surface area contributed by atoms with Crippen molar-refractivity contribution >= 4 is 11.7 Å². The van der Waals surface area contributed by atoms with Crippen molar-refractivity contribution < 1.29 is 4.79 Å². The van der Waals surface area contributed by atoms with Crippen molar-refractivity contribution in [2.75, 3.05) is 18.9 Å². The Labute approximate surface area is 102 Å². The van der Waals surface area contributed by atoms with Gasteiger partial charge in [-0.2, -0.15) is 0 Å². The third-order valence-electron chi connectivity index (χ3n) is 3.35. The fraction of sp³-hybridized carbons (Fsp3) is 0.538. The number of anilines is 1. The van der Waals surface area contributed by atoms with Crippen LogP contribution >= 0.6 is 0 Å². The second-order valence-electron chi connectivity index (χ2n) is 4.49. The van der Waals surface area contributed by atoms with Gasteiger partial charge in [-0.1, -0.05) is 19.3 Å². The van der Waals surface area contributed by atoms with Crippen molar-refractivity contribution in [3.63, 3.8) is 0 Å². The van der Waals surface area contributed by atoms with Crippen molar-refractivity contribution in [2.24, 2.45) is 5.92 Å². The largest absolute Gasteiger partial charge is 0.372 e.